The first-order valence-electron chi connectivity index (χ1n) is 33.3. The first kappa shape index (κ1) is 87.3. The third-order valence-corrected chi connectivity index (χ3v) is 14.2. The van der Waals surface area contributed by atoms with E-state index in [0.29, 0.717) is 0 Å². The van der Waals surface area contributed by atoms with Crippen molar-refractivity contribution in [2.24, 2.45) is 11.8 Å². The van der Waals surface area contributed by atoms with Crippen molar-refractivity contribution < 1.29 is 0 Å². The van der Waals surface area contributed by atoms with Crippen LogP contribution in [0.25, 0.3) is 0 Å². The van der Waals surface area contributed by atoms with Crippen LogP contribution in [0, 0.1) is 11.8 Å². The summed E-state index contributed by atoms with van der Waals surface area (Å²) in [6, 6.07) is 0. The van der Waals surface area contributed by atoms with Gasteiger partial charge in [0.2, 0.25) is 0 Å². The average molecular weight is 1050 g/mol. The quantitative estimate of drug-likeness (QED) is 0.0421. The first-order valence-corrected chi connectivity index (χ1v) is 33.3. The molecule has 0 aliphatic heterocycles. The molecule has 0 rings (SSSR count). The van der Waals surface area contributed by atoms with E-state index in [2.05, 4.69) is 136 Å². The highest BCUT2D eigenvalue weighted by atomic mass is 14.1. The predicted molar refractivity (Wildman–Crippen MR) is 360 cm³/mol. The maximum Gasteiger partial charge on any atom is -0.0326 e. The van der Waals surface area contributed by atoms with Crippen molar-refractivity contribution in [2.75, 3.05) is 0 Å². The normalized spacial score (nSPS) is 11.0. The predicted octanol–water partition coefficient (Wildman–Crippen LogP) is 29.3. The SMILES string of the molecule is C.C=C(C)CCCC(C)CC.C=C(C)CCCC(C)CCC.C=C(C)CCCCCCC.C=C(C)CCCCCCCCC.C=C(C)CCCCCCCCCC.C=C(C)CCCCCCCCCCCCCCC. The number of hydrogen-bond acceptors (Lipinski definition) is 0. The van der Waals surface area contributed by atoms with Crippen molar-refractivity contribution in [2.45, 2.75) is 400 Å². The monoisotopic (exact) mass is 1050 g/mol. The summed E-state index contributed by atoms with van der Waals surface area (Å²) in [6.45, 7) is 54.4. The van der Waals surface area contributed by atoms with Crippen LogP contribution < -0.4 is 0 Å². The first-order chi connectivity index (χ1) is 35.4. The lowest BCUT2D eigenvalue weighted by atomic mass is 9.98. The highest BCUT2D eigenvalue weighted by molar-refractivity contribution is 4.89. The van der Waals surface area contributed by atoms with Gasteiger partial charge in [0.1, 0.15) is 0 Å². The van der Waals surface area contributed by atoms with Gasteiger partial charge in [-0.1, -0.05) is 315 Å². The van der Waals surface area contributed by atoms with Gasteiger partial charge in [-0.2, -0.15) is 0 Å². The summed E-state index contributed by atoms with van der Waals surface area (Å²) >= 11 is 0. The summed E-state index contributed by atoms with van der Waals surface area (Å²) in [4.78, 5) is 0. The van der Waals surface area contributed by atoms with Crippen molar-refractivity contribution in [1.82, 2.24) is 0 Å². The van der Waals surface area contributed by atoms with Crippen LogP contribution in [-0.4, -0.2) is 0 Å². The zero-order valence-electron chi connectivity index (χ0n) is 54.9. The molecule has 0 bridgehead atoms. The molecule has 0 nitrogen and oxygen atoms in total. The van der Waals surface area contributed by atoms with Crippen LogP contribution in [0.5, 0.6) is 0 Å². The Morgan fingerprint density at radius 1 is 0.227 bits per heavy atom. The Kier molecular flexibility index (Phi) is 91.9. The zero-order chi connectivity index (χ0) is 57.1. The Hall–Kier alpha value is -1.56. The lowest BCUT2D eigenvalue weighted by Gasteiger charge is -2.08. The largest absolute Gasteiger partial charge is 0.100 e. The van der Waals surface area contributed by atoms with E-state index in [4.69, 9.17) is 0 Å². The van der Waals surface area contributed by atoms with E-state index in [1.54, 1.807) is 0 Å². The van der Waals surface area contributed by atoms with Crippen LogP contribution in [-0.2, 0) is 0 Å². The van der Waals surface area contributed by atoms with Crippen molar-refractivity contribution in [3.05, 3.63) is 72.9 Å². The molecule has 2 unspecified atom stereocenters. The maximum atomic E-state index is 3.95. The lowest BCUT2D eigenvalue weighted by Crippen LogP contribution is -1.93. The van der Waals surface area contributed by atoms with Gasteiger partial charge in [-0.25, -0.2) is 0 Å². The van der Waals surface area contributed by atoms with E-state index in [1.807, 2.05) is 0 Å². The molecule has 75 heavy (non-hydrogen) atoms. The maximum absolute atomic E-state index is 3.95. The second-order valence-electron chi connectivity index (χ2n) is 24.2. The molecule has 0 heterocycles. The number of allylic oxidation sites excluding steroid dienone is 6. The fourth-order valence-electron chi connectivity index (χ4n) is 8.77. The molecule has 0 spiro atoms. The summed E-state index contributed by atoms with van der Waals surface area (Å²) in [5, 5.41) is 0. The summed E-state index contributed by atoms with van der Waals surface area (Å²) in [5.41, 5.74) is 8.00. The number of unbranched alkanes of at least 4 members (excludes halogenated alkanes) is 29. The second kappa shape index (κ2) is 78.9. The van der Waals surface area contributed by atoms with Crippen LogP contribution >= 0.6 is 0 Å². The van der Waals surface area contributed by atoms with E-state index in [1.165, 1.54) is 329 Å². The van der Waals surface area contributed by atoms with Gasteiger partial charge in [-0.15, -0.1) is 39.5 Å². The fraction of sp³-hybridized carbons (Fsp3) is 0.840. The molecule has 0 amide bonds. The molecule has 452 valence electrons. The topological polar surface area (TPSA) is 0 Å². The van der Waals surface area contributed by atoms with Gasteiger partial charge in [0.05, 0.1) is 0 Å². The smallest absolute Gasteiger partial charge is 0.0326 e. The van der Waals surface area contributed by atoms with Gasteiger partial charge in [0.25, 0.3) is 0 Å². The molecule has 0 heteroatoms. The van der Waals surface area contributed by atoms with Crippen LogP contribution in [0.4, 0.5) is 0 Å². The standard InChI is InChI=1S/C18H36.C13H26.C12H24.C11H22.2C10H20.CH4/c1-4-5-6-7-8-9-10-11-12-13-14-15-16-17-18(2)3;1-4-5-6-7-8-9-10-11-12-13(2)3;1-4-5-6-7-8-9-10-11-12(2)3;1-5-7-11(4)9-6-8-10(2)3;1-5-10(4)8-6-7-9(2)3;1-4-5-6-7-8-9-10(2)3;/h2,4-17H2,1,3H3;2,4-12H2,1,3H3;2,4-11H2,1,3H3;11H,2,5-9H2,1,3-4H3;10H,2,5-8H2,1,3-4H3;2,4-9H2,1,3H3;1H4. The Balaban J connectivity index is -0.000000150. The molecule has 0 aliphatic rings. The van der Waals surface area contributed by atoms with Gasteiger partial charge in [-0.3, -0.25) is 0 Å². The summed E-state index contributed by atoms with van der Waals surface area (Å²) in [7, 11) is 0. The summed E-state index contributed by atoms with van der Waals surface area (Å²) in [6.07, 6.45) is 63.5. The second-order valence-corrected chi connectivity index (χ2v) is 24.2. The molecule has 0 N–H and O–H groups in total. The van der Waals surface area contributed by atoms with Crippen LogP contribution in [0.2, 0.25) is 0 Å². The molecule has 0 saturated carbocycles. The van der Waals surface area contributed by atoms with Gasteiger partial charge in [0, 0.05) is 0 Å². The van der Waals surface area contributed by atoms with Gasteiger partial charge in [-0.05, 0) is 130 Å². The van der Waals surface area contributed by atoms with Crippen molar-refractivity contribution in [3.8, 4) is 0 Å². The summed E-state index contributed by atoms with van der Waals surface area (Å²) < 4.78 is 0. The number of hydrogen-bond donors (Lipinski definition) is 0. The lowest BCUT2D eigenvalue weighted by molar-refractivity contribution is 0.469. The molecule has 0 saturated heterocycles. The van der Waals surface area contributed by atoms with Crippen LogP contribution in [0.3, 0.4) is 0 Å². The Morgan fingerprint density at radius 2 is 0.400 bits per heavy atom. The molecule has 0 aromatic carbocycles. The van der Waals surface area contributed by atoms with Crippen LogP contribution in [0.1, 0.15) is 400 Å². The third-order valence-electron chi connectivity index (χ3n) is 14.2. The van der Waals surface area contributed by atoms with E-state index >= 15 is 0 Å². The average Bonchev–Trinajstić information content (AvgIpc) is 3.34. The Bertz CT molecular complexity index is 1110. The molecule has 0 aromatic heterocycles. The van der Waals surface area contributed by atoms with Gasteiger partial charge < -0.3 is 0 Å². The number of rotatable bonds is 48. The van der Waals surface area contributed by atoms with Crippen molar-refractivity contribution in [3.63, 3.8) is 0 Å². The molecule has 0 aliphatic carbocycles. The van der Waals surface area contributed by atoms with E-state index in [-0.39, 0.29) is 7.43 Å². The van der Waals surface area contributed by atoms with Crippen molar-refractivity contribution in [1.29, 1.82) is 0 Å². The van der Waals surface area contributed by atoms with E-state index in [0.717, 1.165) is 11.8 Å². The van der Waals surface area contributed by atoms with Crippen molar-refractivity contribution >= 4 is 0 Å². The third kappa shape index (κ3) is 113. The van der Waals surface area contributed by atoms with Gasteiger partial charge in [0.15, 0.2) is 0 Å². The minimum absolute atomic E-state index is 0. The zero-order valence-corrected chi connectivity index (χ0v) is 54.9. The fourth-order valence-corrected chi connectivity index (χ4v) is 8.77. The van der Waals surface area contributed by atoms with E-state index in [9.17, 15) is 0 Å². The molecular formula is C75H152. The highest BCUT2D eigenvalue weighted by Gasteiger charge is 2.00. The van der Waals surface area contributed by atoms with E-state index < -0.39 is 0 Å². The molecule has 2 atom stereocenters. The minimum Gasteiger partial charge on any atom is -0.100 e. The highest BCUT2D eigenvalue weighted by Crippen LogP contribution is 2.18. The Morgan fingerprint density at radius 3 is 0.573 bits per heavy atom. The molecule has 0 fully saturated rings. The van der Waals surface area contributed by atoms with Gasteiger partial charge >= 0.3 is 0 Å². The molecular weight excluding hydrogens is 901 g/mol. The molecule has 0 aromatic rings. The Labute approximate surface area is 482 Å². The molecule has 0 radical (unpaired) electrons. The minimum atomic E-state index is 0. The summed E-state index contributed by atoms with van der Waals surface area (Å²) in [5.74, 6) is 1.82. The van der Waals surface area contributed by atoms with Crippen LogP contribution in [0.15, 0.2) is 72.9 Å².